The van der Waals surface area contributed by atoms with Crippen molar-refractivity contribution in [2.24, 2.45) is 0 Å². The lowest BCUT2D eigenvalue weighted by atomic mass is 10.3. The molecule has 0 bridgehead atoms. The van der Waals surface area contributed by atoms with E-state index < -0.39 is 31.3 Å². The number of hydrogen-bond acceptors (Lipinski definition) is 5. The predicted octanol–water partition coefficient (Wildman–Crippen LogP) is 1.57. The number of rotatable bonds is 4. The summed E-state index contributed by atoms with van der Waals surface area (Å²) in [6.07, 6.45) is 0. The lowest BCUT2D eigenvalue weighted by Gasteiger charge is -2.06. The predicted molar refractivity (Wildman–Crippen MR) is 67.2 cm³/mol. The molecule has 0 aliphatic heterocycles. The fourth-order valence-electron chi connectivity index (χ4n) is 1.55. The minimum atomic E-state index is -4.31. The average Bonchev–Trinajstić information content (AvgIpc) is 2.73. The van der Waals surface area contributed by atoms with Gasteiger partial charge in [0.25, 0.3) is 10.0 Å². The van der Waals surface area contributed by atoms with Crippen LogP contribution in [0.2, 0.25) is 0 Å². The maximum Gasteiger partial charge on any atom is 0.325 e. The van der Waals surface area contributed by atoms with E-state index in [2.05, 4.69) is 10.2 Å². The number of nitrogens with zero attached hydrogens (tertiary/aromatic N) is 2. The van der Waals surface area contributed by atoms with E-state index in [4.69, 9.17) is 0 Å². The molecule has 2 N–H and O–H groups in total. The van der Waals surface area contributed by atoms with Crippen molar-refractivity contribution in [3.05, 3.63) is 45.9 Å². The van der Waals surface area contributed by atoms with Crippen LogP contribution in [0.25, 0.3) is 0 Å². The van der Waals surface area contributed by atoms with Crippen LogP contribution in [-0.2, 0) is 10.0 Å². The van der Waals surface area contributed by atoms with Crippen LogP contribution in [0.4, 0.5) is 15.9 Å². The first-order chi connectivity index (χ1) is 9.31. The van der Waals surface area contributed by atoms with E-state index in [1.54, 1.807) is 6.92 Å². The Morgan fingerprint density at radius 1 is 1.45 bits per heavy atom. The zero-order valence-electron chi connectivity index (χ0n) is 10.1. The fourth-order valence-corrected chi connectivity index (χ4v) is 2.73. The summed E-state index contributed by atoms with van der Waals surface area (Å²) >= 11 is 0. The fraction of sp³-hybridized carbons (Fsp3) is 0.100. The summed E-state index contributed by atoms with van der Waals surface area (Å²) in [6.45, 7) is 1.65. The van der Waals surface area contributed by atoms with Gasteiger partial charge in [-0.1, -0.05) is 6.07 Å². The number of sulfonamides is 1. The summed E-state index contributed by atoms with van der Waals surface area (Å²) in [5.41, 5.74) is -0.510. The molecule has 1 aromatic carbocycles. The highest BCUT2D eigenvalue weighted by atomic mass is 32.2. The van der Waals surface area contributed by atoms with Gasteiger partial charge in [0.15, 0.2) is 10.7 Å². The highest BCUT2D eigenvalue weighted by Crippen LogP contribution is 2.27. The van der Waals surface area contributed by atoms with Gasteiger partial charge in [0.05, 0.1) is 4.92 Å². The lowest BCUT2D eigenvalue weighted by Crippen LogP contribution is -2.15. The first kappa shape index (κ1) is 13.9. The summed E-state index contributed by atoms with van der Waals surface area (Å²) in [7, 11) is -4.31. The van der Waals surface area contributed by atoms with Gasteiger partial charge < -0.3 is 0 Å². The summed E-state index contributed by atoms with van der Waals surface area (Å²) in [5.74, 6) is -1.27. The van der Waals surface area contributed by atoms with Gasteiger partial charge in [0.1, 0.15) is 0 Å². The monoisotopic (exact) mass is 300 g/mol. The average molecular weight is 300 g/mol. The zero-order chi connectivity index (χ0) is 14.9. The van der Waals surface area contributed by atoms with E-state index in [0.29, 0.717) is 5.69 Å². The van der Waals surface area contributed by atoms with E-state index in [-0.39, 0.29) is 5.82 Å². The number of aryl methyl sites for hydroxylation is 1. The number of nitro groups is 1. The van der Waals surface area contributed by atoms with Crippen LogP contribution in [0.5, 0.6) is 0 Å². The standard InChI is InChI=1S/C10H9FN4O4S/c1-6-5-9(13-12-6)14-20(18,19)8-4-2-3-7(11)10(8)15(16)17/h2-5H,1H3,(H2,12,13,14). The molecule has 2 rings (SSSR count). The topological polar surface area (TPSA) is 118 Å². The lowest BCUT2D eigenvalue weighted by molar-refractivity contribution is -0.390. The second-order valence-corrected chi connectivity index (χ2v) is 5.54. The molecule has 0 spiro atoms. The minimum Gasteiger partial charge on any atom is -0.281 e. The molecular formula is C10H9FN4O4S. The number of anilines is 1. The summed E-state index contributed by atoms with van der Waals surface area (Å²) < 4.78 is 39.6. The highest BCUT2D eigenvalue weighted by Gasteiger charge is 2.29. The maximum atomic E-state index is 13.4. The van der Waals surface area contributed by atoms with Crippen molar-refractivity contribution in [3.63, 3.8) is 0 Å². The Labute approximate surface area is 112 Å². The molecule has 20 heavy (non-hydrogen) atoms. The molecule has 10 heteroatoms. The molecule has 2 aromatic rings. The SMILES string of the molecule is Cc1cc(NS(=O)(=O)c2cccc(F)c2[N+](=O)[O-])n[nH]1. The molecule has 0 fully saturated rings. The van der Waals surface area contributed by atoms with Crippen LogP contribution in [0, 0.1) is 22.9 Å². The Kier molecular flexibility index (Phi) is 3.40. The number of hydrogen-bond donors (Lipinski definition) is 2. The van der Waals surface area contributed by atoms with Crippen LogP contribution in [0.15, 0.2) is 29.2 Å². The van der Waals surface area contributed by atoms with Gasteiger partial charge in [0, 0.05) is 11.8 Å². The first-order valence-corrected chi connectivity index (χ1v) is 6.77. The number of aromatic nitrogens is 2. The quantitative estimate of drug-likeness (QED) is 0.656. The number of benzene rings is 1. The molecule has 0 amide bonds. The third kappa shape index (κ3) is 2.59. The van der Waals surface area contributed by atoms with Crippen molar-refractivity contribution in [1.82, 2.24) is 10.2 Å². The first-order valence-electron chi connectivity index (χ1n) is 5.29. The third-order valence-electron chi connectivity index (χ3n) is 2.37. The van der Waals surface area contributed by atoms with E-state index in [1.165, 1.54) is 6.07 Å². The number of nitro benzene ring substituents is 1. The molecule has 0 unspecified atom stereocenters. The molecule has 0 aliphatic carbocycles. The number of H-pyrrole nitrogens is 1. The Balaban J connectivity index is 2.50. The molecule has 0 saturated carbocycles. The second-order valence-electron chi connectivity index (χ2n) is 3.89. The van der Waals surface area contributed by atoms with Crippen LogP contribution < -0.4 is 4.72 Å². The molecular weight excluding hydrogens is 291 g/mol. The van der Waals surface area contributed by atoms with Crippen LogP contribution >= 0.6 is 0 Å². The van der Waals surface area contributed by atoms with Gasteiger partial charge in [-0.2, -0.15) is 9.49 Å². The van der Waals surface area contributed by atoms with Gasteiger partial charge in [-0.05, 0) is 19.1 Å². The van der Waals surface area contributed by atoms with E-state index in [1.807, 2.05) is 4.72 Å². The normalized spacial score (nSPS) is 11.3. The third-order valence-corrected chi connectivity index (χ3v) is 3.75. The number of aromatic amines is 1. The van der Waals surface area contributed by atoms with Crippen LogP contribution in [-0.4, -0.2) is 23.5 Å². The molecule has 1 aromatic heterocycles. The number of halogens is 1. The molecule has 106 valence electrons. The molecule has 0 radical (unpaired) electrons. The molecule has 8 nitrogen and oxygen atoms in total. The van der Waals surface area contributed by atoms with E-state index in [9.17, 15) is 22.9 Å². The summed E-state index contributed by atoms with van der Waals surface area (Å²) in [4.78, 5) is 8.95. The van der Waals surface area contributed by atoms with Crippen molar-refractivity contribution in [3.8, 4) is 0 Å². The van der Waals surface area contributed by atoms with Crippen molar-refractivity contribution in [2.45, 2.75) is 11.8 Å². The molecule has 1 heterocycles. The van der Waals surface area contributed by atoms with Gasteiger partial charge in [0.2, 0.25) is 5.82 Å². The van der Waals surface area contributed by atoms with Crippen molar-refractivity contribution in [2.75, 3.05) is 4.72 Å². The van der Waals surface area contributed by atoms with Crippen LogP contribution in [0.1, 0.15) is 5.69 Å². The van der Waals surface area contributed by atoms with Crippen molar-refractivity contribution >= 4 is 21.5 Å². The Hall–Kier alpha value is -2.49. The van der Waals surface area contributed by atoms with Crippen molar-refractivity contribution in [1.29, 1.82) is 0 Å². The highest BCUT2D eigenvalue weighted by molar-refractivity contribution is 7.92. The Morgan fingerprint density at radius 2 is 2.15 bits per heavy atom. The zero-order valence-corrected chi connectivity index (χ0v) is 10.9. The van der Waals surface area contributed by atoms with Crippen LogP contribution in [0.3, 0.4) is 0 Å². The second kappa shape index (κ2) is 4.89. The Bertz CT molecular complexity index is 771. The molecule has 0 atom stereocenters. The van der Waals surface area contributed by atoms with Gasteiger partial charge in [-0.15, -0.1) is 0 Å². The molecule has 0 aliphatic rings. The summed E-state index contributed by atoms with van der Waals surface area (Å²) in [6, 6.07) is 4.23. The van der Waals surface area contributed by atoms with Crippen molar-refractivity contribution < 1.29 is 17.7 Å². The largest absolute Gasteiger partial charge is 0.325 e. The van der Waals surface area contributed by atoms with Gasteiger partial charge >= 0.3 is 5.69 Å². The van der Waals surface area contributed by atoms with E-state index in [0.717, 1.165) is 18.2 Å². The van der Waals surface area contributed by atoms with Gasteiger partial charge in [-0.25, -0.2) is 8.42 Å². The maximum absolute atomic E-state index is 13.4. The Morgan fingerprint density at radius 3 is 2.70 bits per heavy atom. The number of para-hydroxylation sites is 1. The van der Waals surface area contributed by atoms with Gasteiger partial charge in [-0.3, -0.25) is 19.9 Å². The minimum absolute atomic E-state index is 0.0407. The smallest absolute Gasteiger partial charge is 0.281 e. The van der Waals surface area contributed by atoms with E-state index >= 15 is 0 Å². The summed E-state index contributed by atoms with van der Waals surface area (Å²) in [5, 5.41) is 16.9. The number of nitrogens with one attached hydrogen (secondary N) is 2. The molecule has 0 saturated heterocycles.